The SMILES string of the molecule is Nc1ccc(C(=O)c2csc(N)n2)cc1. The highest BCUT2D eigenvalue weighted by atomic mass is 32.1. The van der Waals surface area contributed by atoms with Gasteiger partial charge in [-0.15, -0.1) is 11.3 Å². The van der Waals surface area contributed by atoms with Crippen molar-refractivity contribution in [2.24, 2.45) is 0 Å². The van der Waals surface area contributed by atoms with E-state index < -0.39 is 0 Å². The second-order valence-corrected chi connectivity index (χ2v) is 3.91. The average molecular weight is 219 g/mol. The fourth-order valence-electron chi connectivity index (χ4n) is 1.17. The number of hydrogen-bond acceptors (Lipinski definition) is 5. The molecule has 1 heterocycles. The summed E-state index contributed by atoms with van der Waals surface area (Å²) in [4.78, 5) is 15.7. The summed E-state index contributed by atoms with van der Waals surface area (Å²) >= 11 is 1.25. The Hall–Kier alpha value is -1.88. The highest BCUT2D eigenvalue weighted by Gasteiger charge is 2.11. The number of aromatic nitrogens is 1. The van der Waals surface area contributed by atoms with Gasteiger partial charge in [-0.3, -0.25) is 4.79 Å². The van der Waals surface area contributed by atoms with Gasteiger partial charge in [0.05, 0.1) is 0 Å². The Morgan fingerprint density at radius 3 is 2.40 bits per heavy atom. The summed E-state index contributed by atoms with van der Waals surface area (Å²) in [5, 5.41) is 2.04. The van der Waals surface area contributed by atoms with Crippen LogP contribution in [0, 0.1) is 0 Å². The van der Waals surface area contributed by atoms with Crippen molar-refractivity contribution in [1.29, 1.82) is 0 Å². The van der Waals surface area contributed by atoms with Crippen LogP contribution in [0.5, 0.6) is 0 Å². The molecule has 0 bridgehead atoms. The van der Waals surface area contributed by atoms with Crippen molar-refractivity contribution in [3.63, 3.8) is 0 Å². The Morgan fingerprint density at radius 2 is 1.87 bits per heavy atom. The van der Waals surface area contributed by atoms with Gasteiger partial charge in [0, 0.05) is 16.6 Å². The number of thiazole rings is 1. The van der Waals surface area contributed by atoms with Crippen molar-refractivity contribution in [2.45, 2.75) is 0 Å². The van der Waals surface area contributed by atoms with Crippen molar-refractivity contribution < 1.29 is 4.79 Å². The van der Waals surface area contributed by atoms with Crippen molar-refractivity contribution in [1.82, 2.24) is 4.98 Å². The third-order valence-corrected chi connectivity index (χ3v) is 2.60. The van der Waals surface area contributed by atoms with Gasteiger partial charge in [0.15, 0.2) is 5.13 Å². The van der Waals surface area contributed by atoms with E-state index in [1.54, 1.807) is 29.6 Å². The molecule has 0 aliphatic heterocycles. The Morgan fingerprint density at radius 1 is 1.20 bits per heavy atom. The van der Waals surface area contributed by atoms with Crippen LogP contribution in [0.25, 0.3) is 0 Å². The Balaban J connectivity index is 2.32. The van der Waals surface area contributed by atoms with Crippen LogP contribution in [0.4, 0.5) is 10.8 Å². The van der Waals surface area contributed by atoms with Crippen LogP contribution in [0.2, 0.25) is 0 Å². The molecule has 76 valence electrons. The number of carbonyl (C=O) groups is 1. The second-order valence-electron chi connectivity index (χ2n) is 3.02. The number of benzene rings is 1. The van der Waals surface area contributed by atoms with Crippen molar-refractivity contribution in [3.05, 3.63) is 40.9 Å². The lowest BCUT2D eigenvalue weighted by Gasteiger charge is -1.97. The number of ketones is 1. The summed E-state index contributed by atoms with van der Waals surface area (Å²) in [5.41, 5.74) is 12.5. The van der Waals surface area contributed by atoms with Crippen molar-refractivity contribution in [2.75, 3.05) is 11.5 Å². The van der Waals surface area contributed by atoms with Crippen LogP contribution in [0.1, 0.15) is 16.1 Å². The number of nitrogens with zero attached hydrogens (tertiary/aromatic N) is 1. The van der Waals surface area contributed by atoms with E-state index in [-0.39, 0.29) is 5.78 Å². The van der Waals surface area contributed by atoms with E-state index >= 15 is 0 Å². The lowest BCUT2D eigenvalue weighted by Crippen LogP contribution is -2.02. The molecular weight excluding hydrogens is 210 g/mol. The fraction of sp³-hybridized carbons (Fsp3) is 0. The number of nitrogen functional groups attached to an aromatic ring is 2. The number of carbonyl (C=O) groups excluding carboxylic acids is 1. The molecule has 5 heteroatoms. The molecule has 0 spiro atoms. The first kappa shape index (κ1) is 9.67. The van der Waals surface area contributed by atoms with Gasteiger partial charge in [-0.2, -0.15) is 0 Å². The molecule has 0 amide bonds. The summed E-state index contributed by atoms with van der Waals surface area (Å²) in [5.74, 6) is -0.136. The molecule has 4 N–H and O–H groups in total. The van der Waals surface area contributed by atoms with Gasteiger partial charge < -0.3 is 11.5 Å². The summed E-state index contributed by atoms with van der Waals surface area (Å²) in [7, 11) is 0. The van der Waals surface area contributed by atoms with E-state index in [4.69, 9.17) is 11.5 Å². The predicted octanol–water partition coefficient (Wildman–Crippen LogP) is 1.54. The van der Waals surface area contributed by atoms with Gasteiger partial charge in [0.1, 0.15) is 5.69 Å². The molecule has 0 fully saturated rings. The Bertz CT molecular complexity index is 490. The molecule has 0 aliphatic carbocycles. The van der Waals surface area contributed by atoms with E-state index in [1.165, 1.54) is 11.3 Å². The molecule has 1 aromatic carbocycles. The molecule has 0 aliphatic rings. The molecule has 0 unspecified atom stereocenters. The highest BCUT2D eigenvalue weighted by molar-refractivity contribution is 7.13. The Kier molecular flexibility index (Phi) is 2.39. The molecule has 0 saturated carbocycles. The highest BCUT2D eigenvalue weighted by Crippen LogP contribution is 2.16. The van der Waals surface area contributed by atoms with Gasteiger partial charge in [0.2, 0.25) is 5.78 Å². The van der Waals surface area contributed by atoms with Crippen molar-refractivity contribution >= 4 is 27.9 Å². The van der Waals surface area contributed by atoms with Crippen LogP contribution >= 0.6 is 11.3 Å². The molecule has 4 nitrogen and oxygen atoms in total. The molecule has 2 aromatic rings. The first-order valence-corrected chi connectivity index (χ1v) is 5.16. The fourth-order valence-corrected chi connectivity index (χ4v) is 1.72. The van der Waals surface area contributed by atoms with Gasteiger partial charge >= 0.3 is 0 Å². The zero-order chi connectivity index (χ0) is 10.8. The smallest absolute Gasteiger partial charge is 0.212 e. The van der Waals surface area contributed by atoms with E-state index in [0.717, 1.165) is 0 Å². The number of hydrogen-bond donors (Lipinski definition) is 2. The van der Waals surface area contributed by atoms with E-state index in [9.17, 15) is 4.79 Å². The van der Waals surface area contributed by atoms with Crippen molar-refractivity contribution in [3.8, 4) is 0 Å². The minimum absolute atomic E-state index is 0.136. The van der Waals surface area contributed by atoms with Gasteiger partial charge in [-0.05, 0) is 24.3 Å². The minimum Gasteiger partial charge on any atom is -0.399 e. The molecule has 2 rings (SSSR count). The summed E-state index contributed by atoms with van der Waals surface area (Å²) < 4.78 is 0. The number of rotatable bonds is 2. The third-order valence-electron chi connectivity index (χ3n) is 1.93. The predicted molar refractivity (Wildman–Crippen MR) is 60.8 cm³/mol. The second kappa shape index (κ2) is 3.70. The largest absolute Gasteiger partial charge is 0.399 e. The van der Waals surface area contributed by atoms with E-state index in [0.29, 0.717) is 22.1 Å². The van der Waals surface area contributed by atoms with Crippen LogP contribution in [-0.2, 0) is 0 Å². The number of nitrogens with two attached hydrogens (primary N) is 2. The molecule has 0 atom stereocenters. The first-order chi connectivity index (χ1) is 7.16. The molecule has 0 saturated heterocycles. The van der Waals surface area contributed by atoms with Crippen LogP contribution in [0.3, 0.4) is 0 Å². The third kappa shape index (κ3) is 1.97. The molecule has 1 aromatic heterocycles. The number of anilines is 2. The normalized spacial score (nSPS) is 10.1. The quantitative estimate of drug-likeness (QED) is 0.593. The first-order valence-electron chi connectivity index (χ1n) is 4.28. The minimum atomic E-state index is -0.136. The van der Waals surface area contributed by atoms with E-state index in [2.05, 4.69) is 4.98 Å². The molecule has 0 radical (unpaired) electrons. The van der Waals surface area contributed by atoms with Gasteiger partial charge in [-0.25, -0.2) is 4.98 Å². The van der Waals surface area contributed by atoms with Crippen LogP contribution < -0.4 is 11.5 Å². The summed E-state index contributed by atoms with van der Waals surface area (Å²) in [6.07, 6.45) is 0. The lowest BCUT2D eigenvalue weighted by atomic mass is 10.1. The van der Waals surface area contributed by atoms with Crippen LogP contribution in [0.15, 0.2) is 29.6 Å². The zero-order valence-corrected chi connectivity index (χ0v) is 8.62. The van der Waals surface area contributed by atoms with Gasteiger partial charge in [0.25, 0.3) is 0 Å². The van der Waals surface area contributed by atoms with Crippen LogP contribution in [-0.4, -0.2) is 10.8 Å². The monoisotopic (exact) mass is 219 g/mol. The van der Waals surface area contributed by atoms with Gasteiger partial charge in [-0.1, -0.05) is 0 Å². The van der Waals surface area contributed by atoms with E-state index in [1.807, 2.05) is 0 Å². The lowest BCUT2D eigenvalue weighted by molar-refractivity contribution is 0.103. The summed E-state index contributed by atoms with van der Waals surface area (Å²) in [6, 6.07) is 6.71. The summed E-state index contributed by atoms with van der Waals surface area (Å²) in [6.45, 7) is 0. The average Bonchev–Trinajstić information content (AvgIpc) is 2.65. The molecule has 15 heavy (non-hydrogen) atoms. The zero-order valence-electron chi connectivity index (χ0n) is 7.81. The maximum absolute atomic E-state index is 11.8. The Labute approximate surface area is 90.6 Å². The molecular formula is C10H9N3OS. The maximum atomic E-state index is 11.8. The topological polar surface area (TPSA) is 82.0 Å². The standard InChI is InChI=1S/C10H9N3OS/c11-7-3-1-6(2-4-7)9(14)8-5-15-10(12)13-8/h1-5H,11H2,(H2,12,13). The maximum Gasteiger partial charge on any atom is 0.212 e.